The average molecular weight is 425 g/mol. The maximum absolute atomic E-state index is 11.6. The number of fused-ring (bicyclic) bond motifs is 1. The molecule has 0 spiro atoms. The number of nitrogens with two attached hydrogens (primary N) is 1. The van der Waals surface area contributed by atoms with E-state index in [0.717, 1.165) is 12.2 Å². The Morgan fingerprint density at radius 3 is 2.57 bits per heavy atom. The van der Waals surface area contributed by atoms with Gasteiger partial charge in [0.2, 0.25) is 11.6 Å². The summed E-state index contributed by atoms with van der Waals surface area (Å²) >= 11 is 0. The number of carbonyl (C=O) groups excluding carboxylic acids is 1. The molecule has 3 aromatic rings. The molecule has 156 valence electrons. The van der Waals surface area contributed by atoms with Gasteiger partial charge in [0.15, 0.2) is 0 Å². The maximum atomic E-state index is 11.6. The Morgan fingerprint density at radius 1 is 1.10 bits per heavy atom. The van der Waals surface area contributed by atoms with Gasteiger partial charge < -0.3 is 22.9 Å². The number of amides is 1. The van der Waals surface area contributed by atoms with Crippen LogP contribution < -0.4 is 33.8 Å². The van der Waals surface area contributed by atoms with Crippen molar-refractivity contribution in [2.45, 2.75) is 25.3 Å². The molecule has 5 N–H and O–H groups in total. The van der Waals surface area contributed by atoms with Crippen LogP contribution in [0.3, 0.4) is 0 Å². The smallest absolute Gasteiger partial charge is 0.411 e. The first-order valence-electron chi connectivity index (χ1n) is 9.80. The summed E-state index contributed by atoms with van der Waals surface area (Å²) in [5.41, 5.74) is 10.5. The first-order chi connectivity index (χ1) is 14.2. The van der Waals surface area contributed by atoms with E-state index in [-0.39, 0.29) is 18.4 Å². The summed E-state index contributed by atoms with van der Waals surface area (Å²) < 4.78 is 4.91. The van der Waals surface area contributed by atoms with Crippen molar-refractivity contribution in [1.82, 2.24) is 0 Å². The summed E-state index contributed by atoms with van der Waals surface area (Å²) in [6, 6.07) is 22.8. The van der Waals surface area contributed by atoms with E-state index in [1.54, 1.807) is 13.0 Å². The number of hydrogen-bond donors (Lipinski definition) is 3. The summed E-state index contributed by atoms with van der Waals surface area (Å²) in [5.74, 6) is 1.48. The molecular formula is C23H25ClN4O2. The lowest BCUT2D eigenvalue weighted by Gasteiger charge is -2.20. The number of nitrogens with one attached hydrogen (secondary N) is 3. The zero-order valence-corrected chi connectivity index (χ0v) is 17.4. The highest BCUT2D eigenvalue weighted by Crippen LogP contribution is 2.43. The van der Waals surface area contributed by atoms with Crippen LogP contribution in [0.1, 0.15) is 35.6 Å². The lowest BCUT2D eigenvalue weighted by atomic mass is 9.92. The lowest BCUT2D eigenvalue weighted by molar-refractivity contribution is -0.342. The third-order valence-electron chi connectivity index (χ3n) is 5.26. The monoisotopic (exact) mass is 424 g/mol. The van der Waals surface area contributed by atoms with Crippen molar-refractivity contribution in [2.24, 2.45) is 0 Å². The van der Waals surface area contributed by atoms with Gasteiger partial charge in [-0.25, -0.2) is 9.78 Å². The second-order valence-electron chi connectivity index (χ2n) is 7.09. The molecule has 6 nitrogen and oxygen atoms in total. The Hall–Kier alpha value is -3.25. The molecule has 1 aliphatic rings. The molecule has 1 aliphatic carbocycles. The summed E-state index contributed by atoms with van der Waals surface area (Å²) in [4.78, 5) is 14.8. The number of anilines is 3. The van der Waals surface area contributed by atoms with Crippen LogP contribution in [0.2, 0.25) is 0 Å². The zero-order valence-electron chi connectivity index (χ0n) is 16.7. The van der Waals surface area contributed by atoms with E-state index in [1.807, 2.05) is 12.1 Å². The standard InChI is InChI=1S/C23H24N4O2.ClH/c1-2-29-23(28)25-19-12-13-20(27-22(19)24)26-21-17-11-7-6-10-16(17)14-18(21)15-8-4-3-5-9-15;/h3-13,18,21H,2,14H2,1H3,(H,25,28)(H3,24,26,27);1H. The second kappa shape index (κ2) is 9.50. The van der Waals surface area contributed by atoms with Crippen molar-refractivity contribution in [3.8, 4) is 0 Å². The van der Waals surface area contributed by atoms with Crippen LogP contribution in [0.25, 0.3) is 0 Å². The fourth-order valence-corrected chi connectivity index (χ4v) is 3.93. The van der Waals surface area contributed by atoms with Crippen LogP contribution in [0.4, 0.5) is 22.1 Å². The number of halogens is 1. The van der Waals surface area contributed by atoms with E-state index in [4.69, 9.17) is 10.5 Å². The SMILES string of the molecule is CCOC(=O)Nc1ccc(NC2c3ccccc3CC2c2ccccc2)[nH+]c1N.[Cl-]. The molecule has 2 aromatic carbocycles. The molecule has 0 saturated carbocycles. The van der Waals surface area contributed by atoms with E-state index in [0.29, 0.717) is 24.0 Å². The normalized spacial score (nSPS) is 16.8. The number of nitrogen functional groups attached to an aromatic ring is 1. The highest BCUT2D eigenvalue weighted by Gasteiger charge is 2.35. The molecule has 2 unspecified atom stereocenters. The van der Waals surface area contributed by atoms with Crippen molar-refractivity contribution < 1.29 is 26.9 Å². The average Bonchev–Trinajstić information content (AvgIpc) is 3.09. The van der Waals surface area contributed by atoms with Crippen LogP contribution >= 0.6 is 0 Å². The highest BCUT2D eigenvalue weighted by molar-refractivity contribution is 5.87. The number of benzene rings is 2. The molecule has 0 radical (unpaired) electrons. The van der Waals surface area contributed by atoms with Crippen molar-refractivity contribution in [1.29, 1.82) is 0 Å². The predicted octanol–water partition coefficient (Wildman–Crippen LogP) is 1.15. The number of H-pyrrole nitrogens is 1. The van der Waals surface area contributed by atoms with E-state index in [2.05, 4.69) is 64.1 Å². The Labute approximate surface area is 182 Å². The summed E-state index contributed by atoms with van der Waals surface area (Å²) in [6.07, 6.45) is 0.456. The molecule has 1 amide bonds. The lowest BCUT2D eigenvalue weighted by Crippen LogP contribution is -3.00. The molecule has 4 rings (SSSR count). The Bertz CT molecular complexity index is 1010. The molecular weight excluding hydrogens is 400 g/mol. The van der Waals surface area contributed by atoms with Gasteiger partial charge in [-0.05, 0) is 36.1 Å². The predicted molar refractivity (Wildman–Crippen MR) is 114 cm³/mol. The van der Waals surface area contributed by atoms with E-state index >= 15 is 0 Å². The molecule has 1 heterocycles. The molecule has 1 aromatic heterocycles. The summed E-state index contributed by atoms with van der Waals surface area (Å²) in [5, 5.41) is 6.25. The van der Waals surface area contributed by atoms with Crippen LogP contribution in [0.5, 0.6) is 0 Å². The van der Waals surface area contributed by atoms with Gasteiger partial charge in [-0.2, -0.15) is 0 Å². The minimum atomic E-state index is -0.526. The number of carbonyl (C=O) groups is 1. The zero-order chi connectivity index (χ0) is 20.2. The highest BCUT2D eigenvalue weighted by atomic mass is 35.5. The minimum Gasteiger partial charge on any atom is -1.00 e. The number of aromatic nitrogens is 1. The van der Waals surface area contributed by atoms with Gasteiger partial charge in [0.05, 0.1) is 6.61 Å². The minimum absolute atomic E-state index is 0. The maximum Gasteiger partial charge on any atom is 0.411 e. The van der Waals surface area contributed by atoms with Crippen LogP contribution in [0.15, 0.2) is 66.7 Å². The molecule has 0 saturated heterocycles. The number of pyridine rings is 1. The van der Waals surface area contributed by atoms with Gasteiger partial charge in [-0.15, -0.1) is 0 Å². The van der Waals surface area contributed by atoms with E-state index < -0.39 is 6.09 Å². The van der Waals surface area contributed by atoms with Gasteiger partial charge in [0.1, 0.15) is 11.7 Å². The van der Waals surface area contributed by atoms with Gasteiger partial charge >= 0.3 is 6.09 Å². The van der Waals surface area contributed by atoms with E-state index in [9.17, 15) is 4.79 Å². The molecule has 30 heavy (non-hydrogen) atoms. The fraction of sp³-hybridized carbons (Fsp3) is 0.217. The number of hydrogen-bond acceptors (Lipinski definition) is 4. The topological polar surface area (TPSA) is 90.5 Å². The first-order valence-corrected chi connectivity index (χ1v) is 9.80. The van der Waals surface area contributed by atoms with Crippen LogP contribution in [-0.2, 0) is 11.2 Å². The fourth-order valence-electron chi connectivity index (χ4n) is 3.93. The Balaban J connectivity index is 0.00000256. The van der Waals surface area contributed by atoms with Gasteiger partial charge in [0, 0.05) is 12.0 Å². The Morgan fingerprint density at radius 2 is 1.83 bits per heavy atom. The van der Waals surface area contributed by atoms with Crippen LogP contribution in [-0.4, -0.2) is 12.7 Å². The van der Waals surface area contributed by atoms with Gasteiger partial charge in [0.25, 0.3) is 0 Å². The largest absolute Gasteiger partial charge is 1.00 e. The summed E-state index contributed by atoms with van der Waals surface area (Å²) in [7, 11) is 0. The molecule has 0 bridgehead atoms. The van der Waals surface area contributed by atoms with E-state index in [1.165, 1.54) is 16.7 Å². The molecule has 0 fully saturated rings. The van der Waals surface area contributed by atoms with Gasteiger partial charge in [-0.3, -0.25) is 10.6 Å². The third kappa shape index (κ3) is 4.49. The number of aromatic amines is 1. The number of rotatable bonds is 5. The molecule has 0 aliphatic heterocycles. The van der Waals surface area contributed by atoms with Crippen molar-refractivity contribution >= 4 is 23.4 Å². The first kappa shape index (κ1) is 21.5. The Kier molecular flexibility index (Phi) is 6.79. The van der Waals surface area contributed by atoms with Crippen molar-refractivity contribution in [2.75, 3.05) is 23.0 Å². The van der Waals surface area contributed by atoms with Crippen molar-refractivity contribution in [3.63, 3.8) is 0 Å². The van der Waals surface area contributed by atoms with Crippen LogP contribution in [0, 0.1) is 0 Å². The van der Waals surface area contributed by atoms with Crippen molar-refractivity contribution in [3.05, 3.63) is 83.4 Å². The van der Waals surface area contributed by atoms with Gasteiger partial charge in [-0.1, -0.05) is 54.6 Å². The second-order valence-corrected chi connectivity index (χ2v) is 7.09. The molecule has 2 atom stereocenters. The summed E-state index contributed by atoms with van der Waals surface area (Å²) in [6.45, 7) is 2.06. The number of ether oxygens (including phenoxy) is 1. The quantitative estimate of drug-likeness (QED) is 0.573. The third-order valence-corrected chi connectivity index (χ3v) is 5.26. The molecule has 7 heteroatoms.